The van der Waals surface area contributed by atoms with Gasteiger partial charge in [-0.1, -0.05) is 42.5 Å². The largest absolute Gasteiger partial charge is 0.504 e. The molecule has 3 aromatic rings. The zero-order chi connectivity index (χ0) is 17.8. The first-order chi connectivity index (χ1) is 12.0. The molecular formula is C19H15NO5. The quantitative estimate of drug-likeness (QED) is 0.412. The molecule has 3 aromatic carbocycles. The Morgan fingerprint density at radius 2 is 1.72 bits per heavy atom. The minimum absolute atomic E-state index is 0.164. The van der Waals surface area contributed by atoms with Crippen LogP contribution in [0.25, 0.3) is 11.1 Å². The molecule has 0 aromatic heterocycles. The number of rotatable bonds is 5. The summed E-state index contributed by atoms with van der Waals surface area (Å²) >= 11 is 0. The molecule has 0 unspecified atom stereocenters. The van der Waals surface area contributed by atoms with Crippen molar-refractivity contribution in [1.82, 2.24) is 0 Å². The van der Waals surface area contributed by atoms with Crippen LogP contribution in [0, 0.1) is 10.1 Å². The second-order valence-electron chi connectivity index (χ2n) is 5.42. The fourth-order valence-electron chi connectivity index (χ4n) is 2.43. The fraction of sp³-hybridized carbons (Fsp3) is 0.0526. The van der Waals surface area contributed by atoms with Crippen LogP contribution in [0.1, 0.15) is 5.56 Å². The maximum Gasteiger partial charge on any atom is 0.273 e. The summed E-state index contributed by atoms with van der Waals surface area (Å²) in [5.41, 5.74) is 1.43. The van der Waals surface area contributed by atoms with E-state index in [9.17, 15) is 20.3 Å². The van der Waals surface area contributed by atoms with Crippen LogP contribution in [-0.4, -0.2) is 15.1 Å². The topological polar surface area (TPSA) is 92.8 Å². The number of aromatic hydroxyl groups is 2. The lowest BCUT2D eigenvalue weighted by Gasteiger charge is -2.10. The van der Waals surface area contributed by atoms with Crippen LogP contribution in [-0.2, 0) is 6.61 Å². The molecule has 0 spiro atoms. The summed E-state index contributed by atoms with van der Waals surface area (Å²) in [5, 5.41) is 30.9. The lowest BCUT2D eigenvalue weighted by Crippen LogP contribution is -1.97. The Balaban J connectivity index is 1.97. The molecule has 0 aliphatic heterocycles. The molecule has 0 amide bonds. The van der Waals surface area contributed by atoms with Crippen LogP contribution in [0.15, 0.2) is 66.7 Å². The average Bonchev–Trinajstić information content (AvgIpc) is 2.63. The van der Waals surface area contributed by atoms with Gasteiger partial charge in [-0.3, -0.25) is 10.1 Å². The van der Waals surface area contributed by atoms with Gasteiger partial charge in [-0.15, -0.1) is 0 Å². The maximum atomic E-state index is 11.2. The molecule has 0 saturated heterocycles. The second kappa shape index (κ2) is 6.92. The van der Waals surface area contributed by atoms with Gasteiger partial charge in [-0.2, -0.15) is 0 Å². The predicted octanol–water partition coefficient (Wildman–Crippen LogP) is 4.25. The zero-order valence-corrected chi connectivity index (χ0v) is 13.1. The van der Waals surface area contributed by atoms with E-state index in [-0.39, 0.29) is 29.4 Å². The number of benzene rings is 3. The van der Waals surface area contributed by atoms with E-state index in [1.54, 1.807) is 18.2 Å². The van der Waals surface area contributed by atoms with Crippen molar-refractivity contribution in [2.24, 2.45) is 0 Å². The first-order valence-corrected chi connectivity index (χ1v) is 7.52. The van der Waals surface area contributed by atoms with Crippen molar-refractivity contribution in [2.75, 3.05) is 0 Å². The van der Waals surface area contributed by atoms with Gasteiger partial charge in [0.2, 0.25) is 0 Å². The first-order valence-electron chi connectivity index (χ1n) is 7.52. The van der Waals surface area contributed by atoms with Crippen LogP contribution >= 0.6 is 0 Å². The monoisotopic (exact) mass is 337 g/mol. The number of phenolic OH excluding ortho intramolecular Hbond substituents is 2. The average molecular weight is 337 g/mol. The van der Waals surface area contributed by atoms with Gasteiger partial charge in [-0.25, -0.2) is 0 Å². The van der Waals surface area contributed by atoms with E-state index >= 15 is 0 Å². The van der Waals surface area contributed by atoms with Crippen molar-refractivity contribution >= 4 is 5.69 Å². The minimum Gasteiger partial charge on any atom is -0.504 e. The fourth-order valence-corrected chi connectivity index (χ4v) is 2.43. The van der Waals surface area contributed by atoms with Crippen LogP contribution in [0.5, 0.6) is 17.2 Å². The molecule has 0 atom stereocenters. The van der Waals surface area contributed by atoms with Crippen LogP contribution in [0.3, 0.4) is 0 Å². The number of hydrogen-bond donors (Lipinski definition) is 2. The molecule has 0 fully saturated rings. The van der Waals surface area contributed by atoms with Gasteiger partial charge >= 0.3 is 0 Å². The zero-order valence-electron chi connectivity index (χ0n) is 13.1. The number of non-ortho nitro benzene ring substituents is 1. The highest BCUT2D eigenvalue weighted by Gasteiger charge is 2.15. The first kappa shape index (κ1) is 16.3. The summed E-state index contributed by atoms with van der Waals surface area (Å²) in [6.45, 7) is 0.257. The third-order valence-corrected chi connectivity index (χ3v) is 3.68. The summed E-state index contributed by atoms with van der Waals surface area (Å²) in [4.78, 5) is 10.7. The standard InChI is InChI=1S/C19H15NO5/c21-18-8-4-7-17(19(18)22)14-9-15(20(23)24)11-16(10-14)25-12-13-5-2-1-3-6-13/h1-11,21-22H,12H2. The van der Waals surface area contributed by atoms with Gasteiger partial charge in [0.15, 0.2) is 11.5 Å². The Kier molecular flexibility index (Phi) is 4.52. The molecule has 0 aliphatic rings. The normalized spacial score (nSPS) is 10.4. The number of para-hydroxylation sites is 1. The van der Waals surface area contributed by atoms with Crippen molar-refractivity contribution in [3.05, 3.63) is 82.4 Å². The highest BCUT2D eigenvalue weighted by molar-refractivity contribution is 5.75. The molecule has 0 saturated carbocycles. The third kappa shape index (κ3) is 3.69. The summed E-state index contributed by atoms with van der Waals surface area (Å²) in [5.74, 6) is -0.330. The number of hydrogen-bond acceptors (Lipinski definition) is 5. The molecule has 2 N–H and O–H groups in total. The van der Waals surface area contributed by atoms with E-state index in [1.165, 1.54) is 18.2 Å². The predicted molar refractivity (Wildman–Crippen MR) is 92.6 cm³/mol. The molecule has 0 heterocycles. The van der Waals surface area contributed by atoms with Gasteiger partial charge in [0, 0.05) is 11.6 Å². The van der Waals surface area contributed by atoms with E-state index < -0.39 is 4.92 Å². The minimum atomic E-state index is -0.529. The molecule has 6 nitrogen and oxygen atoms in total. The van der Waals surface area contributed by atoms with Crippen LogP contribution in [0.2, 0.25) is 0 Å². The van der Waals surface area contributed by atoms with E-state index in [2.05, 4.69) is 0 Å². The SMILES string of the molecule is O=[N+]([O-])c1cc(OCc2ccccc2)cc(-c2cccc(O)c2O)c1. The van der Waals surface area contributed by atoms with E-state index in [0.717, 1.165) is 5.56 Å². The van der Waals surface area contributed by atoms with Gasteiger partial charge < -0.3 is 14.9 Å². The molecule has 0 aliphatic carbocycles. The van der Waals surface area contributed by atoms with Crippen LogP contribution < -0.4 is 4.74 Å². The Morgan fingerprint density at radius 3 is 2.44 bits per heavy atom. The van der Waals surface area contributed by atoms with Crippen molar-refractivity contribution < 1.29 is 19.9 Å². The smallest absolute Gasteiger partial charge is 0.273 e. The lowest BCUT2D eigenvalue weighted by molar-refractivity contribution is -0.384. The Hall–Kier alpha value is -3.54. The third-order valence-electron chi connectivity index (χ3n) is 3.68. The highest BCUT2D eigenvalue weighted by Crippen LogP contribution is 2.39. The van der Waals surface area contributed by atoms with Gasteiger partial charge in [-0.05, 0) is 23.3 Å². The maximum absolute atomic E-state index is 11.2. The van der Waals surface area contributed by atoms with Crippen molar-refractivity contribution in [1.29, 1.82) is 0 Å². The number of nitro groups is 1. The lowest BCUT2D eigenvalue weighted by atomic mass is 10.0. The molecule has 0 radical (unpaired) electrons. The number of nitro benzene ring substituents is 1. The van der Waals surface area contributed by atoms with E-state index in [1.807, 2.05) is 30.3 Å². The summed E-state index contributed by atoms with van der Waals surface area (Å²) in [6, 6.07) is 18.1. The van der Waals surface area contributed by atoms with Crippen molar-refractivity contribution in [3.8, 4) is 28.4 Å². The van der Waals surface area contributed by atoms with Crippen molar-refractivity contribution in [3.63, 3.8) is 0 Å². The summed E-state index contributed by atoms with van der Waals surface area (Å²) in [7, 11) is 0. The number of ether oxygens (including phenoxy) is 1. The molecular weight excluding hydrogens is 322 g/mol. The molecule has 0 bridgehead atoms. The van der Waals surface area contributed by atoms with Gasteiger partial charge in [0.05, 0.1) is 11.0 Å². The highest BCUT2D eigenvalue weighted by atomic mass is 16.6. The molecule has 3 rings (SSSR count). The Labute approximate surface area is 143 Å². The van der Waals surface area contributed by atoms with E-state index in [0.29, 0.717) is 11.3 Å². The summed E-state index contributed by atoms with van der Waals surface area (Å²) in [6.07, 6.45) is 0. The van der Waals surface area contributed by atoms with E-state index in [4.69, 9.17) is 4.74 Å². The second-order valence-corrected chi connectivity index (χ2v) is 5.42. The molecule has 126 valence electrons. The molecule has 6 heteroatoms. The Bertz CT molecular complexity index is 909. The van der Waals surface area contributed by atoms with Gasteiger partial charge in [0.1, 0.15) is 12.4 Å². The van der Waals surface area contributed by atoms with Gasteiger partial charge in [0.25, 0.3) is 5.69 Å². The molecule has 25 heavy (non-hydrogen) atoms. The Morgan fingerprint density at radius 1 is 0.960 bits per heavy atom. The van der Waals surface area contributed by atoms with Crippen LogP contribution in [0.4, 0.5) is 5.69 Å². The number of phenols is 2. The summed E-state index contributed by atoms with van der Waals surface area (Å²) < 4.78 is 5.67. The number of nitrogens with zero attached hydrogens (tertiary/aromatic N) is 1. The van der Waals surface area contributed by atoms with Crippen molar-refractivity contribution in [2.45, 2.75) is 6.61 Å².